The van der Waals surface area contributed by atoms with E-state index in [-0.39, 0.29) is 0 Å². The van der Waals surface area contributed by atoms with Crippen LogP contribution < -0.4 is 4.90 Å². The van der Waals surface area contributed by atoms with Gasteiger partial charge in [0.15, 0.2) is 0 Å². The number of nitrogens with zero attached hydrogens (tertiary/aromatic N) is 2. The summed E-state index contributed by atoms with van der Waals surface area (Å²) in [6, 6.07) is 15.6. The normalized spacial score (nSPS) is 14.2. The van der Waals surface area contributed by atoms with Crippen LogP contribution in [0.2, 0.25) is 0 Å². The molecule has 0 radical (unpaired) electrons. The minimum Gasteiger partial charge on any atom is -0.478 e. The summed E-state index contributed by atoms with van der Waals surface area (Å²) < 4.78 is 0. The lowest BCUT2D eigenvalue weighted by atomic mass is 9.98. The van der Waals surface area contributed by atoms with E-state index in [1.165, 1.54) is 0 Å². The molecule has 2 aromatic carbocycles. The van der Waals surface area contributed by atoms with Crippen molar-refractivity contribution in [3.8, 4) is 11.3 Å². The van der Waals surface area contributed by atoms with E-state index in [4.69, 9.17) is 4.98 Å². The highest BCUT2D eigenvalue weighted by molar-refractivity contribution is 6.11. The molecule has 3 aromatic rings. The van der Waals surface area contributed by atoms with Crippen molar-refractivity contribution in [3.63, 3.8) is 0 Å². The summed E-state index contributed by atoms with van der Waals surface area (Å²) in [7, 11) is 0. The molecule has 0 amide bonds. The van der Waals surface area contributed by atoms with Gasteiger partial charge in [-0.1, -0.05) is 48.5 Å². The fraction of sp³-hybridized carbons (Fsp3) is 0.238. The molecule has 4 rings (SSSR count). The predicted molar refractivity (Wildman–Crippen MR) is 100 cm³/mol. The zero-order valence-electron chi connectivity index (χ0n) is 14.2. The number of para-hydroxylation sites is 1. The van der Waals surface area contributed by atoms with Crippen LogP contribution in [0.5, 0.6) is 0 Å². The molecule has 126 valence electrons. The van der Waals surface area contributed by atoms with Crippen molar-refractivity contribution in [2.75, 3.05) is 18.0 Å². The monoisotopic (exact) mass is 332 g/mol. The third-order valence-electron chi connectivity index (χ3n) is 4.88. The number of carbonyl (C=O) groups is 1. The number of hydrogen-bond donors (Lipinski definition) is 1. The first kappa shape index (κ1) is 15.6. The number of carboxylic acid groups (broad SMARTS) is 1. The highest BCUT2D eigenvalue weighted by Crippen LogP contribution is 2.39. The Hall–Kier alpha value is -2.88. The molecular weight excluding hydrogens is 312 g/mol. The smallest absolute Gasteiger partial charge is 0.338 e. The van der Waals surface area contributed by atoms with Crippen LogP contribution in [0.15, 0.2) is 48.5 Å². The second-order valence-electron chi connectivity index (χ2n) is 6.52. The fourth-order valence-corrected chi connectivity index (χ4v) is 3.68. The largest absolute Gasteiger partial charge is 0.478 e. The summed E-state index contributed by atoms with van der Waals surface area (Å²) in [6.07, 6.45) is 2.16. The molecule has 1 aliphatic heterocycles. The Morgan fingerprint density at radius 3 is 2.44 bits per heavy atom. The molecule has 1 fully saturated rings. The van der Waals surface area contributed by atoms with Crippen LogP contribution >= 0.6 is 0 Å². The molecule has 2 heterocycles. The Bertz CT molecular complexity index is 945. The molecule has 0 spiro atoms. The van der Waals surface area contributed by atoms with Gasteiger partial charge in [0.05, 0.1) is 22.5 Å². The number of aromatic carboxylic acids is 1. The van der Waals surface area contributed by atoms with Gasteiger partial charge in [0.25, 0.3) is 0 Å². The number of carboxylic acids is 1. The fourth-order valence-electron chi connectivity index (χ4n) is 3.68. The van der Waals surface area contributed by atoms with Crippen molar-refractivity contribution in [2.24, 2.45) is 0 Å². The molecular formula is C21H20N2O2. The van der Waals surface area contributed by atoms with Crippen LogP contribution in [-0.4, -0.2) is 29.1 Å². The quantitative estimate of drug-likeness (QED) is 0.767. The zero-order valence-corrected chi connectivity index (χ0v) is 14.2. The highest BCUT2D eigenvalue weighted by atomic mass is 16.4. The van der Waals surface area contributed by atoms with Gasteiger partial charge in [0.1, 0.15) is 0 Å². The van der Waals surface area contributed by atoms with Gasteiger partial charge in [0.2, 0.25) is 0 Å². The van der Waals surface area contributed by atoms with Crippen molar-refractivity contribution >= 4 is 22.6 Å². The van der Waals surface area contributed by atoms with Crippen molar-refractivity contribution in [3.05, 3.63) is 59.7 Å². The van der Waals surface area contributed by atoms with Crippen LogP contribution in [0.3, 0.4) is 0 Å². The molecule has 1 saturated heterocycles. The molecule has 25 heavy (non-hydrogen) atoms. The Balaban J connectivity index is 2.13. The van der Waals surface area contributed by atoms with Crippen LogP contribution in [0.4, 0.5) is 5.69 Å². The highest BCUT2D eigenvalue weighted by Gasteiger charge is 2.27. The van der Waals surface area contributed by atoms with Gasteiger partial charge in [-0.15, -0.1) is 0 Å². The lowest BCUT2D eigenvalue weighted by Crippen LogP contribution is -2.22. The second kappa shape index (κ2) is 6.20. The molecule has 0 bridgehead atoms. The van der Waals surface area contributed by atoms with Gasteiger partial charge in [-0.25, -0.2) is 9.78 Å². The Morgan fingerprint density at radius 2 is 1.76 bits per heavy atom. The lowest BCUT2D eigenvalue weighted by molar-refractivity contribution is 0.0699. The van der Waals surface area contributed by atoms with Gasteiger partial charge in [0, 0.05) is 24.0 Å². The zero-order chi connectivity index (χ0) is 17.4. The van der Waals surface area contributed by atoms with Crippen molar-refractivity contribution in [1.29, 1.82) is 0 Å². The van der Waals surface area contributed by atoms with E-state index in [1.807, 2.05) is 55.5 Å². The average molecular weight is 332 g/mol. The van der Waals surface area contributed by atoms with Gasteiger partial charge < -0.3 is 10.0 Å². The van der Waals surface area contributed by atoms with Crippen LogP contribution in [0, 0.1) is 6.92 Å². The summed E-state index contributed by atoms with van der Waals surface area (Å²) in [5.41, 5.74) is 4.61. The van der Waals surface area contributed by atoms with Gasteiger partial charge in [-0.2, -0.15) is 0 Å². The van der Waals surface area contributed by atoms with Gasteiger partial charge >= 0.3 is 5.97 Å². The van der Waals surface area contributed by atoms with Crippen molar-refractivity contribution < 1.29 is 9.90 Å². The van der Waals surface area contributed by atoms with Crippen molar-refractivity contribution in [2.45, 2.75) is 19.8 Å². The van der Waals surface area contributed by atoms with Crippen LogP contribution in [-0.2, 0) is 0 Å². The summed E-state index contributed by atoms with van der Waals surface area (Å²) in [6.45, 7) is 3.73. The minimum absolute atomic E-state index is 0.370. The van der Waals surface area contributed by atoms with Crippen LogP contribution in [0.25, 0.3) is 22.2 Å². The van der Waals surface area contributed by atoms with Gasteiger partial charge in [-0.05, 0) is 25.3 Å². The number of aromatic nitrogens is 1. The summed E-state index contributed by atoms with van der Waals surface area (Å²) in [5, 5.41) is 10.7. The molecule has 0 atom stereocenters. The van der Waals surface area contributed by atoms with E-state index in [9.17, 15) is 9.90 Å². The second-order valence-corrected chi connectivity index (χ2v) is 6.52. The lowest BCUT2D eigenvalue weighted by Gasteiger charge is -2.24. The Labute approximate surface area is 146 Å². The molecule has 0 saturated carbocycles. The number of rotatable bonds is 3. The maximum absolute atomic E-state index is 12.2. The van der Waals surface area contributed by atoms with E-state index < -0.39 is 5.97 Å². The number of fused-ring (bicyclic) bond motifs is 1. The van der Waals surface area contributed by atoms with E-state index in [1.54, 1.807) is 0 Å². The van der Waals surface area contributed by atoms with Crippen molar-refractivity contribution in [1.82, 2.24) is 4.98 Å². The SMILES string of the molecule is Cc1cccc2c(C(=O)O)c(N3CCCC3)c(-c3ccccc3)nc12. The Kier molecular flexibility index (Phi) is 3.88. The molecule has 1 aliphatic rings. The maximum atomic E-state index is 12.2. The Morgan fingerprint density at radius 1 is 1.04 bits per heavy atom. The van der Waals surface area contributed by atoms with E-state index in [0.717, 1.165) is 54.0 Å². The topological polar surface area (TPSA) is 53.4 Å². The first-order valence-electron chi connectivity index (χ1n) is 8.64. The molecule has 1 aromatic heterocycles. The number of aryl methyl sites for hydroxylation is 1. The third kappa shape index (κ3) is 2.64. The molecule has 0 unspecified atom stereocenters. The maximum Gasteiger partial charge on any atom is 0.338 e. The van der Waals surface area contributed by atoms with Crippen LogP contribution in [0.1, 0.15) is 28.8 Å². The number of anilines is 1. The molecule has 4 nitrogen and oxygen atoms in total. The first-order chi connectivity index (χ1) is 12.2. The third-order valence-corrected chi connectivity index (χ3v) is 4.88. The number of hydrogen-bond acceptors (Lipinski definition) is 3. The summed E-state index contributed by atoms with van der Waals surface area (Å²) in [4.78, 5) is 19.3. The molecule has 0 aliphatic carbocycles. The first-order valence-corrected chi connectivity index (χ1v) is 8.64. The number of benzene rings is 2. The predicted octanol–water partition coefficient (Wildman–Crippen LogP) is 4.51. The minimum atomic E-state index is -0.892. The van der Waals surface area contributed by atoms with E-state index >= 15 is 0 Å². The summed E-state index contributed by atoms with van der Waals surface area (Å²) >= 11 is 0. The van der Waals surface area contributed by atoms with E-state index in [0.29, 0.717) is 10.9 Å². The van der Waals surface area contributed by atoms with Gasteiger partial charge in [-0.3, -0.25) is 0 Å². The summed E-state index contributed by atoms with van der Waals surface area (Å²) in [5.74, 6) is -0.892. The standard InChI is InChI=1S/C21H20N2O2/c1-14-8-7-11-16-17(21(24)25)20(23-12-5-6-13-23)19(22-18(14)16)15-9-3-2-4-10-15/h2-4,7-11H,5-6,12-13H2,1H3,(H,24,25). The molecule has 1 N–H and O–H groups in total. The average Bonchev–Trinajstić information content (AvgIpc) is 3.15. The van der Waals surface area contributed by atoms with E-state index in [2.05, 4.69) is 4.90 Å². The molecule has 4 heteroatoms. The number of pyridine rings is 1.